The van der Waals surface area contributed by atoms with Crippen LogP contribution in [0.15, 0.2) is 29.2 Å². The highest BCUT2D eigenvalue weighted by atomic mass is 16.5. The highest BCUT2D eigenvalue weighted by Crippen LogP contribution is 2.17. The number of methoxy groups -OCH3 is 1. The summed E-state index contributed by atoms with van der Waals surface area (Å²) in [5, 5.41) is 21.2. The predicted octanol–water partition coefficient (Wildman–Crippen LogP) is 0.108. The Labute approximate surface area is 149 Å². The van der Waals surface area contributed by atoms with E-state index in [1.165, 1.54) is 6.07 Å². The third-order valence-electron chi connectivity index (χ3n) is 4.66. The summed E-state index contributed by atoms with van der Waals surface area (Å²) in [4.78, 5) is 29.3. The molecular formula is C17H22N4O5. The summed E-state index contributed by atoms with van der Waals surface area (Å²) in [5.74, 6) is 0.577. The first-order valence-corrected chi connectivity index (χ1v) is 8.41. The van der Waals surface area contributed by atoms with Crippen molar-refractivity contribution < 1.29 is 19.7 Å². The molecule has 140 valence electrons. The van der Waals surface area contributed by atoms with Crippen molar-refractivity contribution in [1.29, 1.82) is 0 Å². The second-order valence-corrected chi connectivity index (χ2v) is 6.32. The van der Waals surface area contributed by atoms with Gasteiger partial charge in [0, 0.05) is 38.3 Å². The monoisotopic (exact) mass is 362 g/mol. The van der Waals surface area contributed by atoms with Crippen LogP contribution in [0.3, 0.4) is 0 Å². The average molecular weight is 362 g/mol. The van der Waals surface area contributed by atoms with E-state index in [-0.39, 0.29) is 5.56 Å². The maximum Gasteiger partial charge on any atom is 0.404 e. The molecule has 0 spiro atoms. The van der Waals surface area contributed by atoms with Gasteiger partial charge in [0.1, 0.15) is 5.75 Å². The number of aromatic nitrogens is 2. The predicted molar refractivity (Wildman–Crippen MR) is 94.6 cm³/mol. The Kier molecular flexibility index (Phi) is 5.38. The van der Waals surface area contributed by atoms with Gasteiger partial charge < -0.3 is 24.8 Å². The van der Waals surface area contributed by atoms with Crippen LogP contribution in [0.25, 0.3) is 11.0 Å². The maximum absolute atomic E-state index is 12.3. The lowest BCUT2D eigenvalue weighted by Gasteiger charge is -2.35. The van der Waals surface area contributed by atoms with Gasteiger partial charge in [0.2, 0.25) is 0 Å². The molecule has 2 atom stereocenters. The van der Waals surface area contributed by atoms with Gasteiger partial charge in [-0.3, -0.25) is 14.7 Å². The standard InChI is InChI=1S/C17H22N4O5/c1-26-11-8-14-12(18-9-11)2-3-16(23)21(14)7-6-20-5-4-13(15(22)10-20)19-17(24)25/h2-3,8-9,13,15,19,22H,4-7,10H2,1H3,(H,24,25)/t13-,15-/m0/s1. The first kappa shape index (κ1) is 18.2. The van der Waals surface area contributed by atoms with Gasteiger partial charge in [0.15, 0.2) is 0 Å². The molecule has 0 unspecified atom stereocenters. The van der Waals surface area contributed by atoms with Crippen molar-refractivity contribution in [2.45, 2.75) is 25.1 Å². The van der Waals surface area contributed by atoms with Gasteiger partial charge in [-0.2, -0.15) is 0 Å². The van der Waals surface area contributed by atoms with Crippen LogP contribution in [0, 0.1) is 0 Å². The van der Waals surface area contributed by atoms with E-state index in [0.717, 1.165) is 0 Å². The molecule has 1 saturated heterocycles. The quantitative estimate of drug-likeness (QED) is 0.691. The summed E-state index contributed by atoms with van der Waals surface area (Å²) in [6.07, 6.45) is 0.221. The van der Waals surface area contributed by atoms with Crippen LogP contribution in [-0.4, -0.2) is 69.6 Å². The molecule has 2 aromatic heterocycles. The molecule has 0 radical (unpaired) electrons. The number of ether oxygens (including phenoxy) is 1. The summed E-state index contributed by atoms with van der Waals surface area (Å²) in [7, 11) is 1.55. The lowest BCUT2D eigenvalue weighted by atomic mass is 10.0. The minimum Gasteiger partial charge on any atom is -0.495 e. The number of amides is 1. The van der Waals surface area contributed by atoms with Gasteiger partial charge in [-0.15, -0.1) is 0 Å². The van der Waals surface area contributed by atoms with E-state index in [2.05, 4.69) is 10.3 Å². The van der Waals surface area contributed by atoms with Crippen LogP contribution in [0.4, 0.5) is 4.79 Å². The molecule has 1 aliphatic heterocycles. The van der Waals surface area contributed by atoms with Crippen molar-refractivity contribution in [3.8, 4) is 5.75 Å². The third-order valence-corrected chi connectivity index (χ3v) is 4.66. The number of nitrogens with one attached hydrogen (secondary N) is 1. The SMILES string of the molecule is COc1cnc2ccc(=O)n(CCN3CC[C@H](NC(=O)O)[C@@H](O)C3)c2c1. The van der Waals surface area contributed by atoms with Gasteiger partial charge in [0.25, 0.3) is 5.56 Å². The molecule has 1 amide bonds. The molecule has 0 bridgehead atoms. The first-order valence-electron chi connectivity index (χ1n) is 8.41. The zero-order valence-electron chi connectivity index (χ0n) is 14.5. The van der Waals surface area contributed by atoms with E-state index >= 15 is 0 Å². The molecule has 0 aliphatic carbocycles. The van der Waals surface area contributed by atoms with Gasteiger partial charge in [-0.05, 0) is 12.5 Å². The van der Waals surface area contributed by atoms with Crippen molar-refractivity contribution in [2.75, 3.05) is 26.7 Å². The number of carboxylic acid groups (broad SMARTS) is 1. The lowest BCUT2D eigenvalue weighted by molar-refractivity contribution is 0.0394. The summed E-state index contributed by atoms with van der Waals surface area (Å²) >= 11 is 0. The summed E-state index contributed by atoms with van der Waals surface area (Å²) in [6, 6.07) is 4.49. The number of carbonyl (C=O) groups is 1. The molecule has 9 nitrogen and oxygen atoms in total. The summed E-state index contributed by atoms with van der Waals surface area (Å²) in [5.41, 5.74) is 1.27. The van der Waals surface area contributed by atoms with E-state index in [4.69, 9.17) is 9.84 Å². The van der Waals surface area contributed by atoms with Crippen LogP contribution in [0.5, 0.6) is 5.75 Å². The average Bonchev–Trinajstić information content (AvgIpc) is 2.62. The van der Waals surface area contributed by atoms with Crippen LogP contribution in [0.1, 0.15) is 6.42 Å². The van der Waals surface area contributed by atoms with Crippen molar-refractivity contribution >= 4 is 17.1 Å². The molecule has 1 aliphatic rings. The molecule has 3 rings (SSSR count). The number of nitrogens with zero attached hydrogens (tertiary/aromatic N) is 3. The Morgan fingerprint density at radius 1 is 1.42 bits per heavy atom. The number of aliphatic hydroxyl groups excluding tert-OH is 1. The normalized spacial score (nSPS) is 20.8. The molecule has 3 heterocycles. The van der Waals surface area contributed by atoms with Crippen LogP contribution < -0.4 is 15.6 Å². The van der Waals surface area contributed by atoms with E-state index in [9.17, 15) is 14.7 Å². The number of β-amino-alcohol motifs (C(OH)–C–C–N with tert-alkyl or cyclic N) is 1. The van der Waals surface area contributed by atoms with E-state index in [0.29, 0.717) is 49.4 Å². The molecule has 3 N–H and O–H groups in total. The minimum atomic E-state index is -1.13. The maximum atomic E-state index is 12.3. The van der Waals surface area contributed by atoms with E-state index in [1.807, 2.05) is 4.90 Å². The van der Waals surface area contributed by atoms with Gasteiger partial charge >= 0.3 is 6.09 Å². The molecule has 2 aromatic rings. The molecule has 0 saturated carbocycles. The van der Waals surface area contributed by atoms with E-state index < -0.39 is 18.2 Å². The Hall–Kier alpha value is -2.65. The topological polar surface area (TPSA) is 117 Å². The fourth-order valence-corrected chi connectivity index (χ4v) is 3.26. The van der Waals surface area contributed by atoms with Gasteiger partial charge in [0.05, 0.1) is 36.5 Å². The molecule has 9 heteroatoms. The van der Waals surface area contributed by atoms with Crippen LogP contribution in [0.2, 0.25) is 0 Å². The number of piperidine rings is 1. The second kappa shape index (κ2) is 7.71. The molecular weight excluding hydrogens is 340 g/mol. The highest BCUT2D eigenvalue weighted by molar-refractivity contribution is 5.75. The second-order valence-electron chi connectivity index (χ2n) is 6.32. The molecule has 0 aromatic carbocycles. The van der Waals surface area contributed by atoms with Crippen molar-refractivity contribution in [3.63, 3.8) is 0 Å². The van der Waals surface area contributed by atoms with Crippen molar-refractivity contribution in [2.24, 2.45) is 0 Å². The van der Waals surface area contributed by atoms with Crippen molar-refractivity contribution in [3.05, 3.63) is 34.7 Å². The summed E-state index contributed by atoms with van der Waals surface area (Å²) < 4.78 is 6.83. The molecule has 26 heavy (non-hydrogen) atoms. The number of aliphatic hydroxyl groups is 1. The summed E-state index contributed by atoms with van der Waals surface area (Å²) in [6.45, 7) is 2.00. The van der Waals surface area contributed by atoms with Gasteiger partial charge in [-0.25, -0.2) is 4.79 Å². The highest BCUT2D eigenvalue weighted by Gasteiger charge is 2.28. The Morgan fingerprint density at radius 3 is 2.92 bits per heavy atom. The van der Waals surface area contributed by atoms with Gasteiger partial charge in [-0.1, -0.05) is 0 Å². The number of likely N-dealkylation sites (tertiary alicyclic amines) is 1. The Morgan fingerprint density at radius 2 is 2.23 bits per heavy atom. The number of hydrogen-bond donors (Lipinski definition) is 3. The van der Waals surface area contributed by atoms with Crippen molar-refractivity contribution in [1.82, 2.24) is 19.8 Å². The smallest absolute Gasteiger partial charge is 0.404 e. The fraction of sp³-hybridized carbons (Fsp3) is 0.471. The van der Waals surface area contributed by atoms with E-state index in [1.54, 1.807) is 30.0 Å². The number of rotatable bonds is 5. The van der Waals surface area contributed by atoms with Crippen LogP contribution >= 0.6 is 0 Å². The molecule has 1 fully saturated rings. The third kappa shape index (κ3) is 3.94. The first-order chi connectivity index (χ1) is 12.5. The van der Waals surface area contributed by atoms with Crippen LogP contribution in [-0.2, 0) is 6.54 Å². The minimum absolute atomic E-state index is 0.129. The number of hydrogen-bond acceptors (Lipinski definition) is 6. The zero-order chi connectivity index (χ0) is 18.7. The Bertz CT molecular complexity index is 853. The largest absolute Gasteiger partial charge is 0.495 e. The Balaban J connectivity index is 1.71. The lowest BCUT2D eigenvalue weighted by Crippen LogP contribution is -2.54. The number of pyridine rings is 2. The number of fused-ring (bicyclic) bond motifs is 1. The fourth-order valence-electron chi connectivity index (χ4n) is 3.26. The zero-order valence-corrected chi connectivity index (χ0v) is 14.5.